The van der Waals surface area contributed by atoms with E-state index in [1.165, 1.54) is 0 Å². The predicted octanol–water partition coefficient (Wildman–Crippen LogP) is 3.57. The van der Waals surface area contributed by atoms with Crippen LogP contribution in [-0.2, 0) is 13.1 Å². The number of rotatable bonds is 5. The largest absolute Gasteiger partial charge is 0.345 e. The van der Waals surface area contributed by atoms with Crippen molar-refractivity contribution in [2.24, 2.45) is 0 Å². The van der Waals surface area contributed by atoms with E-state index in [2.05, 4.69) is 10.3 Å². The molecule has 3 aromatic rings. The third kappa shape index (κ3) is 4.41. The van der Waals surface area contributed by atoms with Crippen molar-refractivity contribution in [1.29, 1.82) is 0 Å². The summed E-state index contributed by atoms with van der Waals surface area (Å²) < 4.78 is 28.8. The zero-order valence-corrected chi connectivity index (χ0v) is 16.6. The molecular weight excluding hydrogens is 398 g/mol. The molecule has 0 atom stereocenters. The Bertz CT molecular complexity index is 1030. The molecule has 1 amide bonds. The predicted molar refractivity (Wildman–Crippen MR) is 106 cm³/mol. The van der Waals surface area contributed by atoms with Gasteiger partial charge in [-0.1, -0.05) is 35.9 Å². The Morgan fingerprint density at radius 3 is 2.66 bits per heavy atom. The average molecular weight is 420 g/mol. The zero-order chi connectivity index (χ0) is 20.4. The number of likely N-dealkylation sites (tertiary alicyclic amines) is 1. The van der Waals surface area contributed by atoms with Gasteiger partial charge in [-0.15, -0.1) is 0 Å². The first-order valence-electron chi connectivity index (χ1n) is 9.56. The van der Waals surface area contributed by atoms with Crippen LogP contribution in [0.15, 0.2) is 48.7 Å². The number of alkyl halides is 2. The number of benzene rings is 1. The Morgan fingerprint density at radius 1 is 1.17 bits per heavy atom. The number of carbonyl (C=O) groups excluding carboxylic acids is 1. The van der Waals surface area contributed by atoms with E-state index in [1.54, 1.807) is 6.07 Å². The first-order valence-corrected chi connectivity index (χ1v) is 9.94. The summed E-state index contributed by atoms with van der Waals surface area (Å²) in [6, 6.07) is 12.9. The van der Waals surface area contributed by atoms with Crippen molar-refractivity contribution in [3.63, 3.8) is 0 Å². The molecule has 0 spiro atoms. The van der Waals surface area contributed by atoms with Gasteiger partial charge in [0.1, 0.15) is 6.54 Å². The molecule has 5 nitrogen and oxygen atoms in total. The van der Waals surface area contributed by atoms with E-state index in [9.17, 15) is 13.6 Å². The lowest BCUT2D eigenvalue weighted by Crippen LogP contribution is -2.40. The second-order valence-electron chi connectivity index (χ2n) is 7.31. The van der Waals surface area contributed by atoms with E-state index in [4.69, 9.17) is 11.6 Å². The van der Waals surface area contributed by atoms with E-state index in [-0.39, 0.29) is 18.7 Å². The van der Waals surface area contributed by atoms with Crippen LogP contribution in [0.1, 0.15) is 34.7 Å². The van der Waals surface area contributed by atoms with E-state index < -0.39 is 5.92 Å². The minimum Gasteiger partial charge on any atom is -0.345 e. The molecule has 0 radical (unpaired) electrons. The van der Waals surface area contributed by atoms with Gasteiger partial charge in [0.15, 0.2) is 5.52 Å². The monoisotopic (exact) mass is 419 g/mol. The van der Waals surface area contributed by atoms with Crippen LogP contribution in [0.25, 0.3) is 5.52 Å². The number of amides is 1. The molecule has 0 saturated carbocycles. The van der Waals surface area contributed by atoms with Crippen LogP contribution in [0.2, 0.25) is 5.02 Å². The van der Waals surface area contributed by atoms with Crippen LogP contribution in [0.3, 0.4) is 0 Å². The first kappa shape index (κ1) is 19.8. The van der Waals surface area contributed by atoms with Crippen LogP contribution < -0.4 is 9.72 Å². The maximum atomic E-state index is 13.4. The Hall–Kier alpha value is -2.51. The summed E-state index contributed by atoms with van der Waals surface area (Å²) in [5, 5.41) is 3.49. The fraction of sp³-hybridized carbons (Fsp3) is 0.333. The average Bonchev–Trinajstić information content (AvgIpc) is 3.07. The molecule has 1 aliphatic rings. The minimum atomic E-state index is -2.58. The Labute approximate surface area is 172 Å². The Kier molecular flexibility index (Phi) is 5.52. The van der Waals surface area contributed by atoms with E-state index >= 15 is 0 Å². The van der Waals surface area contributed by atoms with Crippen LogP contribution in [0, 0.1) is 0 Å². The van der Waals surface area contributed by atoms with Crippen molar-refractivity contribution >= 4 is 23.0 Å². The fourth-order valence-corrected chi connectivity index (χ4v) is 3.80. The number of nitrogens with zero attached hydrogens (tertiary/aromatic N) is 2. The molecule has 1 fully saturated rings. The van der Waals surface area contributed by atoms with Gasteiger partial charge < -0.3 is 5.32 Å². The summed E-state index contributed by atoms with van der Waals surface area (Å²) in [5.41, 5.74) is 2.01. The number of pyridine rings is 1. The van der Waals surface area contributed by atoms with Gasteiger partial charge in [-0.25, -0.2) is 13.8 Å². The van der Waals surface area contributed by atoms with Crippen molar-refractivity contribution in [2.45, 2.75) is 31.9 Å². The van der Waals surface area contributed by atoms with Gasteiger partial charge in [0, 0.05) is 37.5 Å². The SMILES string of the molecule is O=C(NCc1ccccc1Cl)c1[nH]c(CN2CCC(F)(F)CC2)[n+]2ccccc12. The van der Waals surface area contributed by atoms with Gasteiger partial charge in [0.25, 0.3) is 17.7 Å². The van der Waals surface area contributed by atoms with Crippen LogP contribution in [0.4, 0.5) is 8.78 Å². The molecule has 4 rings (SSSR count). The number of hydrogen-bond donors (Lipinski definition) is 2. The second kappa shape index (κ2) is 8.08. The molecule has 0 unspecified atom stereocenters. The van der Waals surface area contributed by atoms with E-state index in [0.29, 0.717) is 36.9 Å². The Balaban J connectivity index is 1.52. The number of H-pyrrole nitrogens is 1. The number of nitrogens with one attached hydrogen (secondary N) is 2. The number of aromatic amines is 1. The molecule has 29 heavy (non-hydrogen) atoms. The molecule has 2 aromatic heterocycles. The molecule has 1 aliphatic heterocycles. The third-order valence-corrected chi connectivity index (χ3v) is 5.63. The quantitative estimate of drug-likeness (QED) is 0.621. The number of fused-ring (bicyclic) bond motifs is 1. The number of imidazole rings is 1. The molecule has 2 N–H and O–H groups in total. The van der Waals surface area contributed by atoms with Crippen molar-refractivity contribution in [2.75, 3.05) is 13.1 Å². The molecule has 3 heterocycles. The number of hydrogen-bond acceptors (Lipinski definition) is 2. The maximum absolute atomic E-state index is 13.4. The lowest BCUT2D eigenvalue weighted by Gasteiger charge is -2.30. The van der Waals surface area contributed by atoms with Gasteiger partial charge in [-0.05, 0) is 23.8 Å². The van der Waals surface area contributed by atoms with Gasteiger partial charge >= 0.3 is 0 Å². The van der Waals surface area contributed by atoms with Gasteiger partial charge in [0.05, 0.1) is 6.20 Å². The molecule has 8 heteroatoms. The summed E-state index contributed by atoms with van der Waals surface area (Å²) in [6.45, 7) is 1.44. The highest BCUT2D eigenvalue weighted by atomic mass is 35.5. The summed E-state index contributed by atoms with van der Waals surface area (Å²) in [5.74, 6) is -2.04. The Morgan fingerprint density at radius 2 is 1.90 bits per heavy atom. The smallest absolute Gasteiger partial charge is 0.295 e. The topological polar surface area (TPSA) is 52.2 Å². The number of aromatic nitrogens is 2. The van der Waals surface area contributed by atoms with Crippen molar-refractivity contribution < 1.29 is 18.0 Å². The highest BCUT2D eigenvalue weighted by molar-refractivity contribution is 6.31. The number of carbonyl (C=O) groups is 1. The first-order chi connectivity index (χ1) is 13.9. The lowest BCUT2D eigenvalue weighted by molar-refractivity contribution is -0.523. The highest BCUT2D eigenvalue weighted by Crippen LogP contribution is 2.28. The summed E-state index contributed by atoms with van der Waals surface area (Å²) in [4.78, 5) is 18.0. The zero-order valence-electron chi connectivity index (χ0n) is 15.8. The molecule has 1 saturated heterocycles. The normalized spacial score (nSPS) is 16.8. The summed E-state index contributed by atoms with van der Waals surface area (Å²) in [6.07, 6.45) is 1.59. The van der Waals surface area contributed by atoms with Crippen LogP contribution in [-0.4, -0.2) is 34.8 Å². The summed E-state index contributed by atoms with van der Waals surface area (Å²) in [7, 11) is 0. The standard InChI is InChI=1S/C21H21ClF2N4O/c22-16-6-2-1-5-15(16)13-25-20(29)19-17-7-3-4-10-28(17)18(26-19)14-27-11-8-21(23,24)9-12-27/h1-7,10H,8-9,11-14H2,(H,25,29)/p+1. The van der Waals surface area contributed by atoms with Gasteiger partial charge in [-0.2, -0.15) is 4.40 Å². The summed E-state index contributed by atoms with van der Waals surface area (Å²) >= 11 is 6.16. The maximum Gasteiger partial charge on any atom is 0.295 e. The van der Waals surface area contributed by atoms with E-state index in [0.717, 1.165) is 16.9 Å². The van der Waals surface area contributed by atoms with Crippen LogP contribution >= 0.6 is 11.6 Å². The van der Waals surface area contributed by atoms with Crippen molar-refractivity contribution in [3.05, 3.63) is 70.8 Å². The van der Waals surface area contributed by atoms with Crippen molar-refractivity contribution in [3.8, 4) is 0 Å². The molecule has 0 aliphatic carbocycles. The molecule has 1 aromatic carbocycles. The number of halogens is 3. The van der Waals surface area contributed by atoms with Gasteiger partial charge in [-0.3, -0.25) is 9.69 Å². The third-order valence-electron chi connectivity index (χ3n) is 5.26. The number of piperidine rings is 1. The van der Waals surface area contributed by atoms with E-state index in [1.807, 2.05) is 51.9 Å². The highest BCUT2D eigenvalue weighted by Gasteiger charge is 2.35. The fourth-order valence-electron chi connectivity index (χ4n) is 3.60. The molecule has 0 bridgehead atoms. The molecule has 152 valence electrons. The van der Waals surface area contributed by atoms with Gasteiger partial charge in [0.2, 0.25) is 5.69 Å². The minimum absolute atomic E-state index is 0.137. The van der Waals surface area contributed by atoms with Crippen LogP contribution in [0.5, 0.6) is 0 Å². The molecular formula is C21H22ClF2N4O+. The second-order valence-corrected chi connectivity index (χ2v) is 7.72. The lowest BCUT2D eigenvalue weighted by atomic mass is 10.1. The van der Waals surface area contributed by atoms with Crippen molar-refractivity contribution in [1.82, 2.24) is 15.2 Å².